The number of rotatable bonds is 19. The first-order valence-corrected chi connectivity index (χ1v) is 28.7. The number of amides is 1. The molecule has 80 heavy (non-hydrogen) atoms. The highest BCUT2D eigenvalue weighted by Crippen LogP contribution is 2.42. The maximum atomic E-state index is 14.6. The minimum atomic E-state index is -2.02. The van der Waals surface area contributed by atoms with Gasteiger partial charge in [0.2, 0.25) is 12.2 Å². The summed E-state index contributed by atoms with van der Waals surface area (Å²) >= 11 is 1.48. The zero-order chi connectivity index (χ0) is 59.2. The lowest BCUT2D eigenvalue weighted by atomic mass is 9.73. The summed E-state index contributed by atoms with van der Waals surface area (Å²) in [4.78, 5) is 60.9. The Morgan fingerprint density at radius 1 is 0.963 bits per heavy atom. The number of benzene rings is 1. The number of aliphatic hydroxyl groups is 4. The van der Waals surface area contributed by atoms with Crippen LogP contribution in [0, 0.1) is 23.7 Å². The van der Waals surface area contributed by atoms with Crippen LogP contribution in [0.5, 0.6) is 0 Å². The van der Waals surface area contributed by atoms with Crippen molar-refractivity contribution in [3.63, 3.8) is 0 Å². The second-order valence-electron chi connectivity index (χ2n) is 23.0. The van der Waals surface area contributed by atoms with E-state index in [4.69, 9.17) is 47.5 Å². The van der Waals surface area contributed by atoms with Crippen molar-refractivity contribution in [3.05, 3.63) is 39.7 Å². The normalized spacial score (nSPS) is 36.9. The van der Waals surface area contributed by atoms with E-state index in [0.717, 1.165) is 16.0 Å². The molecule has 4 aliphatic rings. The number of aromatic carboxylic acids is 1. The Hall–Kier alpha value is -4.02. The standard InChI is InChI=1S/C56H88N4O19S/c1-15-40-56(10,69)47(63)31(4)42(58-73-28-70-13)29(2)25-54(8,68)48(78-52-45(62)39(59(11)12)22-30(3)74-52)32(5)46(33(6)51(66)76-40)77-41-26-55(9,71-14)49(34(7)75-41)79-53(67)57-17-19-72-20-21-80-36-23-35-16-18-60-27-38(50(64)65)44(61)37(24-36)43(35)60/h23-24,27,29-34,39-41,45-49,52,62-63,68-69H,15-22,25-26,28H2,1-14H3,(H,57,67)(H,64,65)/t29-,30-,31+,32+,33-,34+,39+,40-,41+,45-,46+,47-,48-,49+,52?,54-,55-,56-/m1/s1. The summed E-state index contributed by atoms with van der Waals surface area (Å²) in [5.74, 6) is -5.16. The van der Waals surface area contributed by atoms with Gasteiger partial charge in [0.25, 0.3) is 0 Å². The van der Waals surface area contributed by atoms with Gasteiger partial charge in [-0.2, -0.15) is 0 Å². The molecule has 0 saturated carbocycles. The lowest BCUT2D eigenvalue weighted by Crippen LogP contribution is -2.61. The number of oxime groups is 1. The number of nitrogens with one attached hydrogen (secondary N) is 1. The molecule has 1 aromatic heterocycles. The highest BCUT2D eigenvalue weighted by molar-refractivity contribution is 7.99. The number of methoxy groups -OCH3 is 2. The maximum absolute atomic E-state index is 14.6. The first-order chi connectivity index (χ1) is 37.6. The van der Waals surface area contributed by atoms with Crippen LogP contribution in [0.25, 0.3) is 10.9 Å². The number of aryl methyl sites for hydroxylation is 2. The van der Waals surface area contributed by atoms with Crippen molar-refractivity contribution in [2.75, 3.05) is 60.6 Å². The van der Waals surface area contributed by atoms with Crippen molar-refractivity contribution >= 4 is 46.4 Å². The van der Waals surface area contributed by atoms with E-state index in [2.05, 4.69) is 10.5 Å². The molecule has 1 unspecified atom stereocenters. The van der Waals surface area contributed by atoms with Crippen molar-refractivity contribution in [1.29, 1.82) is 0 Å². The van der Waals surface area contributed by atoms with E-state index < -0.39 is 119 Å². The zero-order valence-electron chi connectivity index (χ0n) is 48.9. The van der Waals surface area contributed by atoms with Crippen LogP contribution in [-0.2, 0) is 65.2 Å². The first-order valence-electron chi connectivity index (χ1n) is 27.7. The molecule has 2 aromatic rings. The number of carbonyl (C=O) groups is 3. The highest BCUT2D eigenvalue weighted by Gasteiger charge is 2.54. The fourth-order valence-corrected chi connectivity index (χ4v) is 13.0. The molecule has 0 radical (unpaired) electrons. The number of carbonyl (C=O) groups excluding carboxylic acids is 2. The predicted octanol–water partition coefficient (Wildman–Crippen LogP) is 4.31. The zero-order valence-corrected chi connectivity index (χ0v) is 49.7. The average molecular weight is 1150 g/mol. The van der Waals surface area contributed by atoms with E-state index in [1.54, 1.807) is 61.5 Å². The molecule has 0 bridgehead atoms. The maximum Gasteiger partial charge on any atom is 0.407 e. The number of likely N-dealkylation sites (N-methyl/N-ethyl adjacent to an activating group) is 1. The Balaban J connectivity index is 1.18. The van der Waals surface area contributed by atoms with Crippen LogP contribution in [0.1, 0.15) is 111 Å². The molecule has 23 nitrogen and oxygen atoms in total. The Morgan fingerprint density at radius 2 is 1.68 bits per heavy atom. The van der Waals surface area contributed by atoms with Crippen LogP contribution < -0.4 is 10.7 Å². The monoisotopic (exact) mass is 1150 g/mol. The molecule has 452 valence electrons. The van der Waals surface area contributed by atoms with Crippen LogP contribution >= 0.6 is 11.8 Å². The molecule has 18 atom stereocenters. The van der Waals surface area contributed by atoms with Crippen LogP contribution in [0.4, 0.5) is 4.79 Å². The van der Waals surface area contributed by atoms with Gasteiger partial charge in [0.05, 0.1) is 66.5 Å². The number of carboxylic acids is 1. The first kappa shape index (κ1) is 65.1. The number of alkyl carbamates (subject to hydrolysis) is 1. The number of ether oxygens (including phenoxy) is 9. The molecule has 6 N–H and O–H groups in total. The minimum absolute atomic E-state index is 0.0176. The smallest absolute Gasteiger partial charge is 0.407 e. The van der Waals surface area contributed by atoms with Gasteiger partial charge in [-0.15, -0.1) is 11.8 Å². The van der Waals surface area contributed by atoms with Gasteiger partial charge in [-0.1, -0.05) is 32.9 Å². The fourth-order valence-electron chi connectivity index (χ4n) is 12.1. The van der Waals surface area contributed by atoms with Crippen molar-refractivity contribution in [2.24, 2.45) is 28.8 Å². The van der Waals surface area contributed by atoms with Gasteiger partial charge in [0.15, 0.2) is 18.7 Å². The average Bonchev–Trinajstić information content (AvgIpc) is 4.02. The van der Waals surface area contributed by atoms with Gasteiger partial charge in [-0.25, -0.2) is 9.59 Å². The largest absolute Gasteiger partial charge is 0.477 e. The molecule has 1 aromatic carbocycles. The van der Waals surface area contributed by atoms with Gasteiger partial charge in [-0.3, -0.25) is 9.59 Å². The van der Waals surface area contributed by atoms with Crippen LogP contribution in [0.15, 0.2) is 33.2 Å². The Morgan fingerprint density at radius 3 is 2.33 bits per heavy atom. The highest BCUT2D eigenvalue weighted by atomic mass is 32.2. The second-order valence-corrected chi connectivity index (χ2v) is 24.2. The van der Waals surface area contributed by atoms with Gasteiger partial charge in [0, 0.05) is 79.8 Å². The number of nitrogens with zero attached hydrogens (tertiary/aromatic N) is 3. The second kappa shape index (κ2) is 27.6. The lowest BCUT2D eigenvalue weighted by Gasteiger charge is -2.49. The van der Waals surface area contributed by atoms with Gasteiger partial charge in [0.1, 0.15) is 29.0 Å². The van der Waals surface area contributed by atoms with Crippen molar-refractivity contribution < 1.29 is 87.4 Å². The van der Waals surface area contributed by atoms with E-state index in [1.807, 2.05) is 36.6 Å². The van der Waals surface area contributed by atoms with E-state index >= 15 is 0 Å². The Kier molecular flexibility index (Phi) is 22.5. The number of carboxylic acid groups (broad SMARTS) is 1. The molecule has 3 saturated heterocycles. The summed E-state index contributed by atoms with van der Waals surface area (Å²) in [6, 6.07) is 3.37. The molecular weight excluding hydrogens is 1060 g/mol. The number of hydrogen-bond donors (Lipinski definition) is 6. The van der Waals surface area contributed by atoms with E-state index in [0.29, 0.717) is 37.1 Å². The molecule has 4 aliphatic heterocycles. The third-order valence-electron chi connectivity index (χ3n) is 16.5. The third-order valence-corrected chi connectivity index (χ3v) is 17.4. The van der Waals surface area contributed by atoms with Gasteiger partial charge in [-0.05, 0) is 99.0 Å². The lowest BCUT2D eigenvalue weighted by molar-refractivity contribution is -0.317. The molecule has 5 heterocycles. The third kappa shape index (κ3) is 14.8. The molecule has 1 amide bonds. The number of thioether (sulfide) groups is 1. The number of hydrogen-bond acceptors (Lipinski definition) is 21. The molecular formula is C56H88N4O19S. The van der Waals surface area contributed by atoms with Crippen molar-refractivity contribution in [3.8, 4) is 0 Å². The summed E-state index contributed by atoms with van der Waals surface area (Å²) < 4.78 is 57.4. The summed E-state index contributed by atoms with van der Waals surface area (Å²) in [7, 11) is 6.59. The van der Waals surface area contributed by atoms with Crippen LogP contribution in [0.2, 0.25) is 0 Å². The topological polar surface area (TPSA) is 294 Å². The minimum Gasteiger partial charge on any atom is -0.477 e. The van der Waals surface area contributed by atoms with Crippen molar-refractivity contribution in [2.45, 2.75) is 197 Å². The summed E-state index contributed by atoms with van der Waals surface area (Å²) in [5, 5.41) is 65.8. The Labute approximate surface area is 473 Å². The van der Waals surface area contributed by atoms with Crippen LogP contribution in [0.3, 0.4) is 0 Å². The number of cyclic esters (lactones) is 1. The molecule has 3 fully saturated rings. The molecule has 0 spiro atoms. The number of aromatic nitrogens is 1. The van der Waals surface area contributed by atoms with Crippen LogP contribution in [-0.4, -0.2) is 204 Å². The molecule has 0 aliphatic carbocycles. The number of esters is 1. The fraction of sp³-hybridized carbons (Fsp3) is 0.768. The van der Waals surface area contributed by atoms with Crippen molar-refractivity contribution in [1.82, 2.24) is 14.8 Å². The number of aliphatic hydroxyl groups excluding tert-OH is 2. The number of pyridine rings is 1. The van der Waals surface area contributed by atoms with Gasteiger partial charge >= 0.3 is 18.0 Å². The molecule has 24 heteroatoms. The molecule has 6 rings (SSSR count). The quantitative estimate of drug-likeness (QED) is 0.0376. The van der Waals surface area contributed by atoms with E-state index in [9.17, 15) is 44.7 Å². The summed E-state index contributed by atoms with van der Waals surface area (Å²) in [6.07, 6.45) is -9.06. The summed E-state index contributed by atoms with van der Waals surface area (Å²) in [6.45, 7) is 17.7. The summed E-state index contributed by atoms with van der Waals surface area (Å²) in [5.41, 5.74) is -3.81. The predicted molar refractivity (Wildman–Crippen MR) is 294 cm³/mol. The Bertz CT molecular complexity index is 2530. The van der Waals surface area contributed by atoms with Gasteiger partial charge < -0.3 is 87.8 Å². The van der Waals surface area contributed by atoms with E-state index in [1.165, 1.54) is 39.1 Å². The SMILES string of the molecule is CC[C@H]1OC(=O)[C@H](C)[C@@H](O[C@H]2C[C@@](C)(OC)[C@@H](OC(=O)NCCOCCSc3cc4c5c(c3)c(=O)c(C(=O)O)cn5CC4)[C@H](C)O2)[C@H](C)[C@@H](OC2O[C@H](C)C[C@H](N(C)C)[C@H]2O)[C@](C)(O)C[C@@H](C)C(=NOCOC)[C@H](C)[C@@H](O)[C@]1(C)O. The van der Waals surface area contributed by atoms with E-state index in [-0.39, 0.29) is 62.6 Å².